The third kappa shape index (κ3) is 5.05. The third-order valence-electron chi connectivity index (χ3n) is 4.29. The van der Waals surface area contributed by atoms with Gasteiger partial charge in [0.2, 0.25) is 5.91 Å². The molecule has 1 saturated heterocycles. The Hall–Kier alpha value is -2.37. The van der Waals surface area contributed by atoms with Gasteiger partial charge >= 0.3 is 0 Å². The molecule has 132 valence electrons. The molecule has 1 fully saturated rings. The molecule has 1 aliphatic rings. The van der Waals surface area contributed by atoms with Gasteiger partial charge in [-0.1, -0.05) is 42.5 Å². The SMILES string of the molecule is NC(=O)[C@@H](NCc1cccc(OC[C@@H]2CCCO2)c1)c1ccccc1. The lowest BCUT2D eigenvalue weighted by molar-refractivity contribution is -0.120. The molecule has 1 heterocycles. The Balaban J connectivity index is 1.58. The zero-order chi connectivity index (χ0) is 17.5. The van der Waals surface area contributed by atoms with Crippen LogP contribution in [-0.2, 0) is 16.1 Å². The summed E-state index contributed by atoms with van der Waals surface area (Å²) < 4.78 is 11.4. The predicted octanol–water partition coefficient (Wildman–Crippen LogP) is 2.56. The molecule has 0 aliphatic carbocycles. The third-order valence-corrected chi connectivity index (χ3v) is 4.29. The Morgan fingerprint density at radius 2 is 2.08 bits per heavy atom. The van der Waals surface area contributed by atoms with Gasteiger partial charge in [-0.25, -0.2) is 0 Å². The molecule has 0 radical (unpaired) electrons. The highest BCUT2D eigenvalue weighted by Gasteiger charge is 2.17. The molecule has 0 spiro atoms. The van der Waals surface area contributed by atoms with Gasteiger partial charge in [0.1, 0.15) is 18.4 Å². The van der Waals surface area contributed by atoms with E-state index in [0.29, 0.717) is 13.2 Å². The number of primary amides is 1. The van der Waals surface area contributed by atoms with Crippen LogP contribution in [0, 0.1) is 0 Å². The molecule has 0 saturated carbocycles. The van der Waals surface area contributed by atoms with Crippen molar-refractivity contribution in [2.75, 3.05) is 13.2 Å². The van der Waals surface area contributed by atoms with Crippen molar-refractivity contribution in [3.8, 4) is 5.75 Å². The Kier molecular flexibility index (Phi) is 6.04. The van der Waals surface area contributed by atoms with E-state index >= 15 is 0 Å². The molecule has 0 bridgehead atoms. The van der Waals surface area contributed by atoms with Gasteiger partial charge in [-0.3, -0.25) is 10.1 Å². The molecule has 1 amide bonds. The first-order chi connectivity index (χ1) is 12.2. The Morgan fingerprint density at radius 3 is 2.80 bits per heavy atom. The molecule has 25 heavy (non-hydrogen) atoms. The smallest absolute Gasteiger partial charge is 0.239 e. The monoisotopic (exact) mass is 340 g/mol. The number of benzene rings is 2. The summed E-state index contributed by atoms with van der Waals surface area (Å²) in [4.78, 5) is 11.8. The maximum atomic E-state index is 11.8. The van der Waals surface area contributed by atoms with Gasteiger partial charge in [-0.15, -0.1) is 0 Å². The number of nitrogens with two attached hydrogens (primary N) is 1. The van der Waals surface area contributed by atoms with Crippen molar-refractivity contribution in [1.29, 1.82) is 0 Å². The van der Waals surface area contributed by atoms with Gasteiger partial charge in [0.25, 0.3) is 0 Å². The van der Waals surface area contributed by atoms with E-state index in [0.717, 1.165) is 36.3 Å². The maximum absolute atomic E-state index is 11.8. The van der Waals surface area contributed by atoms with Gasteiger partial charge in [0, 0.05) is 13.2 Å². The lowest BCUT2D eigenvalue weighted by Crippen LogP contribution is -2.33. The number of ether oxygens (including phenoxy) is 2. The van der Waals surface area contributed by atoms with Crippen molar-refractivity contribution >= 4 is 5.91 Å². The molecule has 3 rings (SSSR count). The molecular formula is C20H24N2O3. The van der Waals surface area contributed by atoms with E-state index in [1.54, 1.807) is 0 Å². The summed E-state index contributed by atoms with van der Waals surface area (Å²) in [7, 11) is 0. The van der Waals surface area contributed by atoms with Crippen LogP contribution in [0.4, 0.5) is 0 Å². The van der Waals surface area contributed by atoms with Crippen LogP contribution in [0.3, 0.4) is 0 Å². The molecule has 5 nitrogen and oxygen atoms in total. The molecule has 0 unspecified atom stereocenters. The van der Waals surface area contributed by atoms with E-state index in [1.165, 1.54) is 0 Å². The molecule has 2 aromatic rings. The number of hydrogen-bond donors (Lipinski definition) is 2. The van der Waals surface area contributed by atoms with Crippen LogP contribution in [0.2, 0.25) is 0 Å². The molecule has 2 atom stereocenters. The number of nitrogens with one attached hydrogen (secondary N) is 1. The van der Waals surface area contributed by atoms with Crippen molar-refractivity contribution in [1.82, 2.24) is 5.32 Å². The number of hydrogen-bond acceptors (Lipinski definition) is 4. The lowest BCUT2D eigenvalue weighted by Gasteiger charge is -2.16. The standard InChI is InChI=1S/C20H24N2O3/c21-20(23)19(16-7-2-1-3-8-16)22-13-15-6-4-9-17(12-15)25-14-18-10-5-11-24-18/h1-4,6-9,12,18-19,22H,5,10-11,13-14H2,(H2,21,23)/t18-,19-/m0/s1. The fourth-order valence-corrected chi connectivity index (χ4v) is 2.96. The van der Waals surface area contributed by atoms with Crippen LogP contribution < -0.4 is 15.8 Å². The highest BCUT2D eigenvalue weighted by atomic mass is 16.5. The summed E-state index contributed by atoms with van der Waals surface area (Å²) in [6.07, 6.45) is 2.35. The highest BCUT2D eigenvalue weighted by Crippen LogP contribution is 2.18. The van der Waals surface area contributed by atoms with Crippen molar-refractivity contribution in [2.24, 2.45) is 5.73 Å². The first kappa shape index (κ1) is 17.5. The second-order valence-electron chi connectivity index (χ2n) is 6.22. The van der Waals surface area contributed by atoms with Gasteiger partial charge < -0.3 is 15.2 Å². The minimum absolute atomic E-state index is 0.194. The van der Waals surface area contributed by atoms with Crippen molar-refractivity contribution < 1.29 is 14.3 Å². The Morgan fingerprint density at radius 1 is 1.24 bits per heavy atom. The van der Waals surface area contributed by atoms with E-state index < -0.39 is 11.9 Å². The van der Waals surface area contributed by atoms with Crippen molar-refractivity contribution in [3.05, 3.63) is 65.7 Å². The first-order valence-corrected chi connectivity index (χ1v) is 8.63. The summed E-state index contributed by atoms with van der Waals surface area (Å²) in [6.45, 7) is 1.93. The largest absolute Gasteiger partial charge is 0.491 e. The van der Waals surface area contributed by atoms with Crippen molar-refractivity contribution in [2.45, 2.75) is 31.5 Å². The quantitative estimate of drug-likeness (QED) is 0.774. The summed E-state index contributed by atoms with van der Waals surface area (Å²) in [5.74, 6) is 0.419. The second kappa shape index (κ2) is 8.65. The highest BCUT2D eigenvalue weighted by molar-refractivity contribution is 5.81. The van der Waals surface area contributed by atoms with Gasteiger partial charge in [0.15, 0.2) is 0 Å². The van der Waals surface area contributed by atoms with Crippen LogP contribution in [0.1, 0.15) is 30.0 Å². The molecule has 1 aliphatic heterocycles. The fourth-order valence-electron chi connectivity index (χ4n) is 2.96. The summed E-state index contributed by atoms with van der Waals surface area (Å²) in [5.41, 5.74) is 7.44. The number of rotatable bonds is 8. The number of amides is 1. The molecule has 3 N–H and O–H groups in total. The Labute approximate surface area is 148 Å². The average molecular weight is 340 g/mol. The summed E-state index contributed by atoms with van der Waals surface area (Å²) in [6, 6.07) is 16.8. The van der Waals surface area contributed by atoms with Crippen LogP contribution in [0.15, 0.2) is 54.6 Å². The minimum atomic E-state index is -0.516. The van der Waals surface area contributed by atoms with Crippen LogP contribution in [-0.4, -0.2) is 25.2 Å². The topological polar surface area (TPSA) is 73.6 Å². The first-order valence-electron chi connectivity index (χ1n) is 8.63. The second-order valence-corrected chi connectivity index (χ2v) is 6.22. The summed E-state index contributed by atoms with van der Waals surface area (Å²) >= 11 is 0. The van der Waals surface area contributed by atoms with E-state index in [4.69, 9.17) is 15.2 Å². The average Bonchev–Trinajstić information content (AvgIpc) is 3.15. The van der Waals surface area contributed by atoms with Gasteiger partial charge in [-0.2, -0.15) is 0 Å². The van der Waals surface area contributed by atoms with Gasteiger partial charge in [-0.05, 0) is 36.1 Å². The van der Waals surface area contributed by atoms with Crippen LogP contribution in [0.25, 0.3) is 0 Å². The zero-order valence-corrected chi connectivity index (χ0v) is 14.2. The minimum Gasteiger partial charge on any atom is -0.491 e. The number of carbonyl (C=O) groups excluding carboxylic acids is 1. The van der Waals surface area contributed by atoms with E-state index in [9.17, 15) is 4.79 Å². The molecule has 2 aromatic carbocycles. The maximum Gasteiger partial charge on any atom is 0.239 e. The van der Waals surface area contributed by atoms with Crippen LogP contribution >= 0.6 is 0 Å². The fraction of sp³-hybridized carbons (Fsp3) is 0.350. The normalized spacial score (nSPS) is 18.0. The van der Waals surface area contributed by atoms with E-state index in [-0.39, 0.29) is 6.10 Å². The predicted molar refractivity (Wildman–Crippen MR) is 96.1 cm³/mol. The zero-order valence-electron chi connectivity index (χ0n) is 14.2. The number of carbonyl (C=O) groups is 1. The molecule has 0 aromatic heterocycles. The van der Waals surface area contributed by atoms with E-state index in [1.807, 2.05) is 54.6 Å². The van der Waals surface area contributed by atoms with Crippen LogP contribution in [0.5, 0.6) is 5.75 Å². The molecule has 5 heteroatoms. The summed E-state index contributed by atoms with van der Waals surface area (Å²) in [5, 5.41) is 3.22. The van der Waals surface area contributed by atoms with E-state index in [2.05, 4.69) is 5.32 Å². The lowest BCUT2D eigenvalue weighted by atomic mass is 10.1. The Bertz CT molecular complexity index is 684. The van der Waals surface area contributed by atoms with Crippen molar-refractivity contribution in [3.63, 3.8) is 0 Å². The van der Waals surface area contributed by atoms with Gasteiger partial charge in [0.05, 0.1) is 6.10 Å². The molecular weight excluding hydrogens is 316 g/mol.